The average Bonchev–Trinajstić information content (AvgIpc) is 2.85. The van der Waals surface area contributed by atoms with E-state index in [0.717, 1.165) is 13.1 Å². The Bertz CT molecular complexity index is 540. The zero-order valence-electron chi connectivity index (χ0n) is 11.0. The number of nitrogens with one attached hydrogen (secondary N) is 1. The van der Waals surface area contributed by atoms with Gasteiger partial charge in [-0.05, 0) is 54.0 Å². The molecule has 0 amide bonds. The molecule has 3 fully saturated rings. The van der Waals surface area contributed by atoms with Crippen LogP contribution in [0.1, 0.15) is 12.8 Å². The number of amidine groups is 1. The fraction of sp³-hybridized carbons (Fsp3) is 0.615. The first-order valence-corrected chi connectivity index (χ1v) is 7.75. The quantitative estimate of drug-likeness (QED) is 0.841. The third-order valence-electron chi connectivity index (χ3n) is 4.48. The van der Waals surface area contributed by atoms with E-state index in [0.29, 0.717) is 22.4 Å². The third kappa shape index (κ3) is 2.09. The number of aromatic nitrogens is 2. The van der Waals surface area contributed by atoms with Gasteiger partial charge in [0.05, 0.1) is 6.54 Å². The largest absolute Gasteiger partial charge is 0.455 e. The minimum absolute atomic E-state index is 0.109. The summed E-state index contributed by atoms with van der Waals surface area (Å²) in [5.41, 5.74) is -0.109. The highest BCUT2D eigenvalue weighted by molar-refractivity contribution is 9.10. The van der Waals surface area contributed by atoms with Gasteiger partial charge in [0, 0.05) is 12.5 Å². The number of hydrogen-bond acceptors (Lipinski definition) is 6. The zero-order chi connectivity index (χ0) is 13.6. The van der Waals surface area contributed by atoms with Crippen molar-refractivity contribution >= 4 is 27.8 Å². The van der Waals surface area contributed by atoms with Gasteiger partial charge in [-0.3, -0.25) is 10.2 Å². The number of nitrogens with zero attached hydrogens (tertiary/aromatic N) is 4. The SMILES string of the molecule is Brc1ccc(NC2=NC[C@@]3(CN4CCC3CC4)O2)nn1. The maximum atomic E-state index is 6.18. The molecule has 1 aromatic heterocycles. The minimum atomic E-state index is -0.109. The van der Waals surface area contributed by atoms with Crippen molar-refractivity contribution in [2.45, 2.75) is 18.4 Å². The highest BCUT2D eigenvalue weighted by Crippen LogP contribution is 2.40. The molecule has 1 N–H and O–H groups in total. The molecule has 1 spiro atoms. The molecular formula is C13H16BrN5O. The van der Waals surface area contributed by atoms with E-state index in [1.54, 1.807) is 0 Å². The van der Waals surface area contributed by atoms with Crippen LogP contribution in [0.5, 0.6) is 0 Å². The van der Waals surface area contributed by atoms with Gasteiger partial charge in [0.25, 0.3) is 6.02 Å². The fourth-order valence-electron chi connectivity index (χ4n) is 3.44. The summed E-state index contributed by atoms with van der Waals surface area (Å²) in [5.74, 6) is 1.29. The lowest BCUT2D eigenvalue weighted by molar-refractivity contribution is -0.0829. The summed E-state index contributed by atoms with van der Waals surface area (Å²) in [6.45, 7) is 4.16. The number of aliphatic imine (C=N–C) groups is 1. The van der Waals surface area contributed by atoms with Gasteiger partial charge >= 0.3 is 0 Å². The molecule has 0 unspecified atom stereocenters. The Morgan fingerprint density at radius 3 is 2.80 bits per heavy atom. The number of ether oxygens (including phenoxy) is 1. The van der Waals surface area contributed by atoms with Crippen LogP contribution in [0, 0.1) is 5.92 Å². The summed E-state index contributed by atoms with van der Waals surface area (Å²) < 4.78 is 6.89. The molecule has 5 heterocycles. The maximum Gasteiger partial charge on any atom is 0.291 e. The van der Waals surface area contributed by atoms with Crippen molar-refractivity contribution in [1.29, 1.82) is 0 Å². The van der Waals surface area contributed by atoms with Crippen LogP contribution in [0.25, 0.3) is 0 Å². The van der Waals surface area contributed by atoms with Crippen LogP contribution in [-0.4, -0.2) is 52.9 Å². The van der Waals surface area contributed by atoms with Gasteiger partial charge in [0.1, 0.15) is 10.2 Å². The molecule has 6 nitrogen and oxygen atoms in total. The monoisotopic (exact) mass is 337 g/mol. The Kier molecular flexibility index (Phi) is 2.92. The molecule has 0 radical (unpaired) electrons. The number of piperidine rings is 3. The smallest absolute Gasteiger partial charge is 0.291 e. The number of rotatable bonds is 1. The molecule has 106 valence electrons. The standard InChI is InChI=1S/C13H16BrN5O/c14-10-1-2-11(18-17-10)16-12-15-7-13(20-12)8-19-5-3-9(13)4-6-19/h1-2,9H,3-8H2,(H,15,16,18)/t13-/m0/s1. The lowest BCUT2D eigenvalue weighted by Gasteiger charge is -2.50. The average molecular weight is 338 g/mol. The predicted molar refractivity (Wildman–Crippen MR) is 78.6 cm³/mol. The first-order chi connectivity index (χ1) is 9.73. The second-order valence-corrected chi connectivity index (χ2v) is 6.52. The van der Waals surface area contributed by atoms with Crippen LogP contribution in [0.4, 0.5) is 5.82 Å². The second-order valence-electron chi connectivity index (χ2n) is 5.70. The molecule has 0 aliphatic carbocycles. The fourth-order valence-corrected chi connectivity index (χ4v) is 3.65. The number of anilines is 1. The van der Waals surface area contributed by atoms with E-state index in [2.05, 4.69) is 41.3 Å². The van der Waals surface area contributed by atoms with Gasteiger partial charge in [-0.2, -0.15) is 0 Å². The predicted octanol–water partition coefficient (Wildman–Crippen LogP) is 1.50. The third-order valence-corrected chi connectivity index (χ3v) is 4.90. The first-order valence-electron chi connectivity index (χ1n) is 6.96. The Morgan fingerprint density at radius 1 is 1.30 bits per heavy atom. The molecule has 0 aromatic carbocycles. The maximum absolute atomic E-state index is 6.18. The summed E-state index contributed by atoms with van der Waals surface area (Å²) in [6, 6.07) is 4.27. The molecule has 4 aliphatic rings. The summed E-state index contributed by atoms with van der Waals surface area (Å²) in [5, 5.41) is 11.1. The topological polar surface area (TPSA) is 62.6 Å². The number of fused-ring (bicyclic) bond motifs is 2. The van der Waals surface area contributed by atoms with E-state index in [1.807, 2.05) is 12.1 Å². The summed E-state index contributed by atoms with van der Waals surface area (Å²) in [4.78, 5) is 7.01. The van der Waals surface area contributed by atoms with Gasteiger partial charge in [-0.15, -0.1) is 10.2 Å². The van der Waals surface area contributed by atoms with Crippen molar-refractivity contribution < 1.29 is 4.74 Å². The molecule has 4 aliphatic heterocycles. The summed E-state index contributed by atoms with van der Waals surface area (Å²) in [7, 11) is 0. The van der Waals surface area contributed by atoms with Crippen molar-refractivity contribution in [3.05, 3.63) is 16.7 Å². The van der Waals surface area contributed by atoms with Crippen LogP contribution < -0.4 is 5.32 Å². The molecular weight excluding hydrogens is 322 g/mol. The van der Waals surface area contributed by atoms with Crippen LogP contribution in [0.3, 0.4) is 0 Å². The molecule has 3 saturated heterocycles. The van der Waals surface area contributed by atoms with Crippen molar-refractivity contribution in [2.24, 2.45) is 10.9 Å². The van der Waals surface area contributed by atoms with Crippen molar-refractivity contribution in [2.75, 3.05) is 31.5 Å². The second kappa shape index (κ2) is 4.66. The Hall–Kier alpha value is -1.21. The first kappa shape index (κ1) is 12.5. The summed E-state index contributed by atoms with van der Waals surface area (Å²) >= 11 is 3.27. The van der Waals surface area contributed by atoms with Gasteiger partial charge in [-0.1, -0.05) is 0 Å². The molecule has 5 rings (SSSR count). The van der Waals surface area contributed by atoms with E-state index in [9.17, 15) is 0 Å². The van der Waals surface area contributed by atoms with E-state index in [1.165, 1.54) is 25.9 Å². The number of halogens is 1. The molecule has 7 heteroatoms. The molecule has 0 saturated carbocycles. The molecule has 1 atom stereocenters. The van der Waals surface area contributed by atoms with Crippen molar-refractivity contribution in [3.63, 3.8) is 0 Å². The van der Waals surface area contributed by atoms with Crippen LogP contribution >= 0.6 is 15.9 Å². The van der Waals surface area contributed by atoms with E-state index in [4.69, 9.17) is 4.74 Å². The number of hydrogen-bond donors (Lipinski definition) is 1. The van der Waals surface area contributed by atoms with E-state index in [-0.39, 0.29) is 5.60 Å². The highest BCUT2D eigenvalue weighted by Gasteiger charge is 2.51. The molecule has 2 bridgehead atoms. The molecule has 1 aromatic rings. The zero-order valence-corrected chi connectivity index (χ0v) is 12.6. The van der Waals surface area contributed by atoms with Crippen molar-refractivity contribution in [1.82, 2.24) is 15.1 Å². The Balaban J connectivity index is 1.46. The van der Waals surface area contributed by atoms with Crippen LogP contribution in [-0.2, 0) is 4.74 Å². The van der Waals surface area contributed by atoms with E-state index < -0.39 is 0 Å². The highest BCUT2D eigenvalue weighted by atomic mass is 79.9. The van der Waals surface area contributed by atoms with Gasteiger partial charge < -0.3 is 4.74 Å². The lowest BCUT2D eigenvalue weighted by atomic mass is 9.75. The Labute approximate surface area is 125 Å². The van der Waals surface area contributed by atoms with Gasteiger partial charge in [0.2, 0.25) is 0 Å². The molecule has 20 heavy (non-hydrogen) atoms. The Morgan fingerprint density at radius 2 is 2.15 bits per heavy atom. The minimum Gasteiger partial charge on any atom is -0.455 e. The van der Waals surface area contributed by atoms with Gasteiger partial charge in [-0.25, -0.2) is 4.99 Å². The van der Waals surface area contributed by atoms with E-state index >= 15 is 0 Å². The lowest BCUT2D eigenvalue weighted by Crippen LogP contribution is -2.61. The van der Waals surface area contributed by atoms with Crippen LogP contribution in [0.2, 0.25) is 0 Å². The normalized spacial score (nSPS) is 35.0. The van der Waals surface area contributed by atoms with Crippen molar-refractivity contribution in [3.8, 4) is 0 Å². The summed E-state index contributed by atoms with van der Waals surface area (Å²) in [6.07, 6.45) is 2.45. The van der Waals surface area contributed by atoms with Gasteiger partial charge in [0.15, 0.2) is 5.82 Å². The van der Waals surface area contributed by atoms with Crippen LogP contribution in [0.15, 0.2) is 21.7 Å².